The average Bonchev–Trinajstić information content (AvgIpc) is 2.90. The standard InChI is InChI=1S/C27H43Si.2CH3.Ti/c1-11-20(6)28(21(7)12-2,27(10)18-19(5)22(8)23(27)9)26-16-24(13-3)15-25(14-4)17-26;;;/h15-17,20-21H,11-14H2,1-10H3;2*1H3;/q3*-1;+3. The summed E-state index contributed by atoms with van der Waals surface area (Å²) in [4.78, 5) is 0. The molecule has 0 aromatic heterocycles. The zero-order chi connectivity index (χ0) is 21.3. The second-order valence-corrected chi connectivity index (χ2v) is 14.6. The van der Waals surface area contributed by atoms with Crippen molar-refractivity contribution in [2.45, 2.75) is 111 Å². The normalized spacial score (nSPS) is 21.8. The summed E-state index contributed by atoms with van der Waals surface area (Å²) >= 11 is 0. The van der Waals surface area contributed by atoms with Crippen molar-refractivity contribution in [2.24, 2.45) is 0 Å². The van der Waals surface area contributed by atoms with Crippen LogP contribution in [0.25, 0.3) is 0 Å². The van der Waals surface area contributed by atoms with Gasteiger partial charge in [0, 0.05) is 0 Å². The van der Waals surface area contributed by atoms with Gasteiger partial charge < -0.3 is 14.9 Å². The number of hydrogen-bond donors (Lipinski definition) is 0. The predicted molar refractivity (Wildman–Crippen MR) is 142 cm³/mol. The first-order valence-electron chi connectivity index (χ1n) is 11.6. The van der Waals surface area contributed by atoms with Crippen LogP contribution in [0.1, 0.15) is 93.2 Å². The van der Waals surface area contributed by atoms with Crippen LogP contribution in [0.4, 0.5) is 0 Å². The molecule has 0 heterocycles. The van der Waals surface area contributed by atoms with E-state index in [1.807, 2.05) is 0 Å². The number of rotatable bonds is 8. The molecule has 1 aromatic carbocycles. The third kappa shape index (κ3) is 5.25. The van der Waals surface area contributed by atoms with Gasteiger partial charge in [-0.25, -0.2) is 5.57 Å². The number of allylic oxidation sites excluding steroid dienone is 4. The van der Waals surface area contributed by atoms with E-state index in [2.05, 4.69) is 93.5 Å². The van der Waals surface area contributed by atoms with E-state index < -0.39 is 8.07 Å². The molecule has 0 aliphatic heterocycles. The van der Waals surface area contributed by atoms with Crippen LogP contribution >= 0.6 is 0 Å². The third-order valence-corrected chi connectivity index (χ3v) is 15.6. The Morgan fingerprint density at radius 1 is 0.839 bits per heavy atom. The smallest absolute Gasteiger partial charge is 0.358 e. The molecule has 0 saturated heterocycles. The Bertz CT molecular complexity index is 741. The van der Waals surface area contributed by atoms with E-state index in [1.165, 1.54) is 35.1 Å². The first kappa shape index (κ1) is 32.8. The van der Waals surface area contributed by atoms with Gasteiger partial charge in [-0.3, -0.25) is 6.08 Å². The van der Waals surface area contributed by atoms with E-state index in [9.17, 15) is 0 Å². The zero-order valence-corrected chi connectivity index (χ0v) is 25.3. The van der Waals surface area contributed by atoms with Crippen LogP contribution in [0.2, 0.25) is 16.1 Å². The predicted octanol–water partition coefficient (Wildman–Crippen LogP) is 8.83. The molecule has 2 rings (SSSR count). The summed E-state index contributed by atoms with van der Waals surface area (Å²) in [6.45, 7) is 24.0. The molecule has 0 amide bonds. The van der Waals surface area contributed by atoms with Crippen LogP contribution in [-0.2, 0) is 34.6 Å². The molecule has 1 aliphatic carbocycles. The Hall–Kier alpha value is -0.369. The van der Waals surface area contributed by atoms with Gasteiger partial charge in [0.05, 0.1) is 8.07 Å². The molecule has 0 saturated carbocycles. The molecule has 1 aliphatic rings. The fourth-order valence-corrected chi connectivity index (χ4v) is 14.0. The topological polar surface area (TPSA) is 0 Å². The molecular weight excluding hydrogens is 424 g/mol. The molecule has 0 nitrogen and oxygen atoms in total. The molecule has 3 atom stereocenters. The molecule has 2 heteroatoms. The summed E-state index contributed by atoms with van der Waals surface area (Å²) in [6.07, 6.45) is 8.81. The number of aryl methyl sites for hydroxylation is 2. The molecule has 0 fully saturated rings. The third-order valence-electron chi connectivity index (χ3n) is 8.27. The van der Waals surface area contributed by atoms with Crippen molar-refractivity contribution in [3.63, 3.8) is 0 Å². The van der Waals surface area contributed by atoms with E-state index in [1.54, 1.807) is 10.8 Å². The fourth-order valence-electron chi connectivity index (χ4n) is 6.02. The first-order valence-corrected chi connectivity index (χ1v) is 13.7. The Kier molecular flexibility index (Phi) is 13.5. The molecule has 0 spiro atoms. The summed E-state index contributed by atoms with van der Waals surface area (Å²) in [6, 6.07) is 7.62. The van der Waals surface area contributed by atoms with Crippen molar-refractivity contribution in [3.8, 4) is 0 Å². The van der Waals surface area contributed by atoms with Crippen molar-refractivity contribution >= 4 is 13.3 Å². The van der Waals surface area contributed by atoms with Crippen molar-refractivity contribution in [1.82, 2.24) is 0 Å². The second kappa shape index (κ2) is 12.8. The SMILES string of the molecule is CCc1cc(CC)cc([Si](C(C)CC)(C(C)CC)C2(C)[C-]=C(C)C(C)=C2C)c1.[CH3-].[CH3-].[Ti+3]. The summed E-state index contributed by atoms with van der Waals surface area (Å²) in [7, 11) is -2.00. The van der Waals surface area contributed by atoms with Gasteiger partial charge >= 0.3 is 21.7 Å². The van der Waals surface area contributed by atoms with Gasteiger partial charge in [-0.2, -0.15) is 11.1 Å². The molecular formula is C29H49SiTi. The van der Waals surface area contributed by atoms with Crippen LogP contribution < -0.4 is 5.19 Å². The quantitative estimate of drug-likeness (QED) is 0.261. The maximum absolute atomic E-state index is 4.08. The van der Waals surface area contributed by atoms with Crippen LogP contribution in [0, 0.1) is 20.9 Å². The maximum atomic E-state index is 4.08. The van der Waals surface area contributed by atoms with Crippen molar-refractivity contribution in [2.75, 3.05) is 0 Å². The first-order chi connectivity index (χ1) is 13.1. The van der Waals surface area contributed by atoms with Crippen molar-refractivity contribution < 1.29 is 21.7 Å². The van der Waals surface area contributed by atoms with Gasteiger partial charge in [0.2, 0.25) is 0 Å². The monoisotopic (exact) mass is 473 g/mol. The van der Waals surface area contributed by atoms with E-state index in [4.69, 9.17) is 0 Å². The van der Waals surface area contributed by atoms with Crippen LogP contribution in [0.5, 0.6) is 0 Å². The minimum absolute atomic E-state index is 0. The molecule has 3 unspecified atom stereocenters. The molecule has 1 aromatic rings. The summed E-state index contributed by atoms with van der Waals surface area (Å²) in [5.41, 5.74) is 8.89. The van der Waals surface area contributed by atoms with Crippen LogP contribution in [-0.4, -0.2) is 8.07 Å². The van der Waals surface area contributed by atoms with Crippen molar-refractivity contribution in [1.29, 1.82) is 0 Å². The van der Waals surface area contributed by atoms with E-state index in [0.29, 0.717) is 11.1 Å². The van der Waals surface area contributed by atoms with Crippen LogP contribution in [0.3, 0.4) is 0 Å². The van der Waals surface area contributed by atoms with E-state index in [0.717, 1.165) is 12.8 Å². The number of benzene rings is 1. The Balaban J connectivity index is 0. The molecule has 0 N–H and O–H groups in total. The van der Waals surface area contributed by atoms with E-state index in [-0.39, 0.29) is 41.6 Å². The van der Waals surface area contributed by atoms with Gasteiger partial charge in [0.25, 0.3) is 0 Å². The fraction of sp³-hybridized carbons (Fsp3) is 0.586. The molecule has 173 valence electrons. The Labute approximate surface area is 212 Å². The van der Waals surface area contributed by atoms with Crippen LogP contribution in [0.15, 0.2) is 34.9 Å². The largest absolute Gasteiger partial charge is 3.00 e. The molecule has 1 radical (unpaired) electrons. The summed E-state index contributed by atoms with van der Waals surface area (Å²) in [5.74, 6) is 0. The maximum Gasteiger partial charge on any atom is 3.00 e. The van der Waals surface area contributed by atoms with Gasteiger partial charge in [0.1, 0.15) is 0 Å². The Morgan fingerprint density at radius 2 is 1.26 bits per heavy atom. The van der Waals surface area contributed by atoms with E-state index >= 15 is 0 Å². The van der Waals surface area contributed by atoms with Gasteiger partial charge in [0.15, 0.2) is 0 Å². The van der Waals surface area contributed by atoms with Gasteiger partial charge in [-0.05, 0) is 35.1 Å². The molecule has 31 heavy (non-hydrogen) atoms. The minimum atomic E-state index is -2.00. The minimum Gasteiger partial charge on any atom is -0.358 e. The average molecular weight is 474 g/mol. The van der Waals surface area contributed by atoms with Gasteiger partial charge in [-0.1, -0.05) is 104 Å². The summed E-state index contributed by atoms with van der Waals surface area (Å²) < 4.78 is 0. The summed E-state index contributed by atoms with van der Waals surface area (Å²) in [5, 5.41) is 1.76. The zero-order valence-electron chi connectivity index (χ0n) is 22.7. The Morgan fingerprint density at radius 3 is 1.55 bits per heavy atom. The van der Waals surface area contributed by atoms with Crippen molar-refractivity contribution in [3.05, 3.63) is 67.0 Å². The number of hydrogen-bond acceptors (Lipinski definition) is 0. The van der Waals surface area contributed by atoms with Gasteiger partial charge in [-0.15, -0.1) is 6.92 Å². The molecule has 0 bridgehead atoms. The second-order valence-electron chi connectivity index (χ2n) is 9.36.